The van der Waals surface area contributed by atoms with Crippen LogP contribution < -0.4 is 4.90 Å². The molecule has 1 saturated heterocycles. The minimum absolute atomic E-state index is 0.0976. The van der Waals surface area contributed by atoms with Crippen molar-refractivity contribution >= 4 is 39.1 Å². The maximum atomic E-state index is 11.8. The highest BCUT2D eigenvalue weighted by atomic mass is 79.9. The van der Waals surface area contributed by atoms with E-state index in [4.69, 9.17) is 11.6 Å². The van der Waals surface area contributed by atoms with Gasteiger partial charge in [-0.2, -0.15) is 0 Å². The molecular formula is C13H16BrClN2O. The van der Waals surface area contributed by atoms with Gasteiger partial charge in [0.2, 0.25) is 5.91 Å². The Hall–Kier alpha value is -0.740. The predicted molar refractivity (Wildman–Crippen MR) is 78.6 cm³/mol. The molecule has 1 aliphatic heterocycles. The lowest BCUT2D eigenvalue weighted by molar-refractivity contribution is -0.130. The predicted octanol–water partition coefficient (Wildman–Crippen LogP) is 2.77. The Balaban J connectivity index is 1.94. The lowest BCUT2D eigenvalue weighted by Crippen LogP contribution is -2.50. The van der Waals surface area contributed by atoms with Gasteiger partial charge in [-0.25, -0.2) is 0 Å². The fourth-order valence-electron chi connectivity index (χ4n) is 2.09. The summed E-state index contributed by atoms with van der Waals surface area (Å²) in [5, 5.41) is 0.751. The van der Waals surface area contributed by atoms with Crippen LogP contribution in [0.1, 0.15) is 6.92 Å². The lowest BCUT2D eigenvalue weighted by atomic mass is 10.2. The van der Waals surface area contributed by atoms with Crippen LogP contribution in [-0.2, 0) is 4.79 Å². The molecule has 0 aromatic heterocycles. The van der Waals surface area contributed by atoms with Crippen molar-refractivity contribution in [3.63, 3.8) is 0 Å². The summed E-state index contributed by atoms with van der Waals surface area (Å²) in [6, 6.07) is 7.84. The molecule has 98 valence electrons. The Labute approximate surface area is 121 Å². The van der Waals surface area contributed by atoms with Crippen molar-refractivity contribution in [2.24, 2.45) is 0 Å². The highest BCUT2D eigenvalue weighted by Crippen LogP contribution is 2.19. The fourth-order valence-corrected chi connectivity index (χ4v) is 2.50. The summed E-state index contributed by atoms with van der Waals surface area (Å²) in [4.78, 5) is 15.9. The molecule has 1 aromatic rings. The fraction of sp³-hybridized carbons (Fsp3) is 0.462. The van der Waals surface area contributed by atoms with E-state index in [-0.39, 0.29) is 10.7 Å². The molecule has 1 heterocycles. The van der Waals surface area contributed by atoms with E-state index in [1.54, 1.807) is 0 Å². The van der Waals surface area contributed by atoms with Gasteiger partial charge in [0.1, 0.15) is 0 Å². The molecule has 0 bridgehead atoms. The molecule has 1 fully saturated rings. The second-order valence-corrected chi connectivity index (χ2v) is 6.21. The Morgan fingerprint density at radius 3 is 2.28 bits per heavy atom. The Morgan fingerprint density at radius 2 is 1.78 bits per heavy atom. The summed E-state index contributed by atoms with van der Waals surface area (Å²) < 4.78 is 0. The van der Waals surface area contributed by atoms with Gasteiger partial charge in [0.25, 0.3) is 0 Å². The summed E-state index contributed by atoms with van der Waals surface area (Å²) in [7, 11) is 0. The topological polar surface area (TPSA) is 23.6 Å². The molecule has 1 aromatic carbocycles. The number of piperazine rings is 1. The van der Waals surface area contributed by atoms with E-state index in [0.717, 1.165) is 31.2 Å². The van der Waals surface area contributed by atoms with E-state index < -0.39 is 0 Å². The normalized spacial score (nSPS) is 17.7. The number of benzene rings is 1. The minimum Gasteiger partial charge on any atom is -0.368 e. The van der Waals surface area contributed by atoms with E-state index in [1.807, 2.05) is 36.1 Å². The van der Waals surface area contributed by atoms with Crippen molar-refractivity contribution < 1.29 is 4.79 Å². The van der Waals surface area contributed by atoms with Gasteiger partial charge in [-0.05, 0) is 31.2 Å². The van der Waals surface area contributed by atoms with Crippen LogP contribution in [0.4, 0.5) is 5.69 Å². The molecule has 3 nitrogen and oxygen atoms in total. The first-order chi connectivity index (χ1) is 8.58. The van der Waals surface area contributed by atoms with E-state index in [0.29, 0.717) is 0 Å². The van der Waals surface area contributed by atoms with E-state index in [2.05, 4.69) is 20.8 Å². The number of halogens is 2. The highest BCUT2D eigenvalue weighted by Gasteiger charge is 2.23. The number of carbonyl (C=O) groups is 1. The molecule has 0 radical (unpaired) electrons. The van der Waals surface area contributed by atoms with Crippen LogP contribution in [0.5, 0.6) is 0 Å². The van der Waals surface area contributed by atoms with Gasteiger partial charge in [0, 0.05) is 36.9 Å². The number of amides is 1. The summed E-state index contributed by atoms with van der Waals surface area (Å²) in [5.74, 6) is 0.172. The zero-order valence-electron chi connectivity index (χ0n) is 10.3. The molecule has 1 amide bonds. The number of nitrogens with zero attached hydrogens (tertiary/aromatic N) is 2. The molecule has 2 rings (SSSR count). The molecular weight excluding hydrogens is 316 g/mol. The Bertz CT molecular complexity index is 414. The number of hydrogen-bond acceptors (Lipinski definition) is 2. The first kappa shape index (κ1) is 13.7. The van der Waals surface area contributed by atoms with Gasteiger partial charge in [-0.1, -0.05) is 27.5 Å². The molecule has 0 saturated carbocycles. The van der Waals surface area contributed by atoms with Gasteiger partial charge in [0.05, 0.1) is 4.83 Å². The van der Waals surface area contributed by atoms with Crippen LogP contribution in [0.2, 0.25) is 5.02 Å². The molecule has 5 heteroatoms. The van der Waals surface area contributed by atoms with Gasteiger partial charge < -0.3 is 9.80 Å². The zero-order chi connectivity index (χ0) is 13.1. The van der Waals surface area contributed by atoms with Crippen molar-refractivity contribution in [1.29, 1.82) is 0 Å². The number of hydrogen-bond donors (Lipinski definition) is 0. The zero-order valence-corrected chi connectivity index (χ0v) is 12.6. The van der Waals surface area contributed by atoms with Crippen molar-refractivity contribution in [2.75, 3.05) is 31.1 Å². The van der Waals surface area contributed by atoms with Gasteiger partial charge in [-0.3, -0.25) is 4.79 Å². The number of carbonyl (C=O) groups excluding carboxylic acids is 1. The molecule has 18 heavy (non-hydrogen) atoms. The molecule has 1 aliphatic rings. The van der Waals surface area contributed by atoms with Crippen LogP contribution >= 0.6 is 27.5 Å². The first-order valence-corrected chi connectivity index (χ1v) is 7.30. The monoisotopic (exact) mass is 330 g/mol. The average molecular weight is 332 g/mol. The van der Waals surface area contributed by atoms with Gasteiger partial charge in [0.15, 0.2) is 0 Å². The molecule has 0 spiro atoms. The van der Waals surface area contributed by atoms with Crippen LogP contribution in [0, 0.1) is 0 Å². The van der Waals surface area contributed by atoms with Crippen LogP contribution in [0.3, 0.4) is 0 Å². The van der Waals surface area contributed by atoms with Crippen LogP contribution in [0.15, 0.2) is 24.3 Å². The molecule has 1 atom stereocenters. The Morgan fingerprint density at radius 1 is 1.22 bits per heavy atom. The summed E-state index contributed by atoms with van der Waals surface area (Å²) >= 11 is 9.20. The third-order valence-corrected chi connectivity index (χ3v) is 3.77. The maximum absolute atomic E-state index is 11.8. The Kier molecular flexibility index (Phi) is 4.51. The van der Waals surface area contributed by atoms with E-state index >= 15 is 0 Å². The standard InChI is InChI=1S/C13H16BrClN2O/c1-10(14)13(18)17-8-6-16(7-9-17)12-4-2-11(15)3-5-12/h2-5,10H,6-9H2,1H3. The van der Waals surface area contributed by atoms with Crippen molar-refractivity contribution in [2.45, 2.75) is 11.8 Å². The van der Waals surface area contributed by atoms with Crippen molar-refractivity contribution in [1.82, 2.24) is 4.90 Å². The van der Waals surface area contributed by atoms with Crippen LogP contribution in [0.25, 0.3) is 0 Å². The van der Waals surface area contributed by atoms with E-state index in [1.165, 1.54) is 5.69 Å². The first-order valence-electron chi connectivity index (χ1n) is 6.01. The molecule has 1 unspecified atom stereocenters. The minimum atomic E-state index is -0.0976. The third-order valence-electron chi connectivity index (χ3n) is 3.12. The third kappa shape index (κ3) is 3.18. The lowest BCUT2D eigenvalue weighted by Gasteiger charge is -2.36. The smallest absolute Gasteiger partial charge is 0.236 e. The van der Waals surface area contributed by atoms with Crippen molar-refractivity contribution in [3.05, 3.63) is 29.3 Å². The maximum Gasteiger partial charge on any atom is 0.236 e. The van der Waals surface area contributed by atoms with Crippen LogP contribution in [-0.4, -0.2) is 41.8 Å². The molecule has 0 aliphatic carbocycles. The average Bonchev–Trinajstić information content (AvgIpc) is 2.39. The second-order valence-electron chi connectivity index (χ2n) is 4.40. The summed E-state index contributed by atoms with van der Waals surface area (Å²) in [5.41, 5.74) is 1.17. The summed E-state index contributed by atoms with van der Waals surface area (Å²) in [6.45, 7) is 5.16. The number of anilines is 1. The van der Waals surface area contributed by atoms with Gasteiger partial charge >= 0.3 is 0 Å². The largest absolute Gasteiger partial charge is 0.368 e. The number of alkyl halides is 1. The van der Waals surface area contributed by atoms with Crippen molar-refractivity contribution in [3.8, 4) is 0 Å². The number of rotatable bonds is 2. The highest BCUT2D eigenvalue weighted by molar-refractivity contribution is 9.10. The quantitative estimate of drug-likeness (QED) is 0.778. The van der Waals surface area contributed by atoms with E-state index in [9.17, 15) is 4.79 Å². The molecule has 0 N–H and O–H groups in total. The second kappa shape index (κ2) is 5.93. The summed E-state index contributed by atoms with van der Waals surface area (Å²) in [6.07, 6.45) is 0. The van der Waals surface area contributed by atoms with Gasteiger partial charge in [-0.15, -0.1) is 0 Å². The SMILES string of the molecule is CC(Br)C(=O)N1CCN(c2ccc(Cl)cc2)CC1.